The maximum Gasteiger partial charge on any atom is 0.255 e. The number of rotatable bonds is 4. The van der Waals surface area contributed by atoms with Crippen molar-refractivity contribution in [1.29, 1.82) is 0 Å². The normalized spacial score (nSPS) is 15.1. The molecule has 6 nitrogen and oxygen atoms in total. The molecule has 5 rings (SSSR count). The largest absolute Gasteiger partial charge is 0.328 e. The van der Waals surface area contributed by atoms with Crippen molar-refractivity contribution in [2.45, 2.75) is 19.9 Å². The van der Waals surface area contributed by atoms with Gasteiger partial charge in [-0.3, -0.25) is 4.79 Å². The monoisotopic (exact) mass is 439 g/mol. The Bertz CT molecular complexity index is 1380. The van der Waals surface area contributed by atoms with Crippen LogP contribution in [0, 0.1) is 12.7 Å². The van der Waals surface area contributed by atoms with Crippen LogP contribution in [0.5, 0.6) is 0 Å². The second kappa shape index (κ2) is 8.35. The number of anilines is 2. The molecule has 0 spiro atoms. The summed E-state index contributed by atoms with van der Waals surface area (Å²) in [5, 5.41) is 10.8. The molecule has 1 atom stereocenters. The highest BCUT2D eigenvalue weighted by molar-refractivity contribution is 6.06. The van der Waals surface area contributed by atoms with E-state index in [4.69, 9.17) is 5.10 Å². The van der Waals surface area contributed by atoms with Gasteiger partial charge in [0.15, 0.2) is 5.82 Å². The molecular formula is C26H22FN5O. The lowest BCUT2D eigenvalue weighted by Crippen LogP contribution is -2.32. The van der Waals surface area contributed by atoms with Gasteiger partial charge in [0.05, 0.1) is 5.57 Å². The molecule has 7 heteroatoms. The third-order valence-corrected chi connectivity index (χ3v) is 5.60. The van der Waals surface area contributed by atoms with Gasteiger partial charge in [-0.15, -0.1) is 5.10 Å². The molecule has 1 unspecified atom stereocenters. The van der Waals surface area contributed by atoms with Crippen LogP contribution in [0.15, 0.2) is 90.1 Å². The number of aryl methyl sites for hydroxylation is 1. The number of carbonyl (C=O) groups is 1. The topological polar surface area (TPSA) is 71.8 Å². The molecule has 1 aromatic heterocycles. The number of amides is 1. The minimum absolute atomic E-state index is 0.335. The number of para-hydroxylation sites is 1. The van der Waals surface area contributed by atoms with Crippen LogP contribution in [0.4, 0.5) is 16.0 Å². The molecule has 0 radical (unpaired) electrons. The first-order valence-corrected chi connectivity index (χ1v) is 10.6. The molecule has 1 aliphatic rings. The van der Waals surface area contributed by atoms with E-state index in [0.29, 0.717) is 34.3 Å². The van der Waals surface area contributed by atoms with Crippen molar-refractivity contribution in [3.63, 3.8) is 0 Å². The number of benzene rings is 3. The molecule has 3 aromatic carbocycles. The lowest BCUT2D eigenvalue weighted by molar-refractivity contribution is -0.113. The van der Waals surface area contributed by atoms with Crippen molar-refractivity contribution < 1.29 is 9.18 Å². The standard InChI is InChI=1S/C26H22FN5O/c1-16-9-8-10-18(15-16)24-30-26-28-17(2)22(25(33)29-19-11-4-3-5-12-19)23(32(26)31-24)20-13-6-7-14-21(20)27/h3-15,23H,1-2H3,(H,29,33)(H,28,30,31). The van der Waals surface area contributed by atoms with Gasteiger partial charge in [-0.25, -0.2) is 9.07 Å². The molecule has 0 aliphatic carbocycles. The van der Waals surface area contributed by atoms with Crippen LogP contribution >= 0.6 is 0 Å². The molecule has 2 heterocycles. The number of halogens is 1. The molecule has 0 saturated carbocycles. The highest BCUT2D eigenvalue weighted by Gasteiger charge is 2.35. The number of fused-ring (bicyclic) bond motifs is 1. The highest BCUT2D eigenvalue weighted by Crippen LogP contribution is 2.37. The summed E-state index contributed by atoms with van der Waals surface area (Å²) in [4.78, 5) is 18.1. The Morgan fingerprint density at radius 2 is 1.76 bits per heavy atom. The molecule has 1 aliphatic heterocycles. The fourth-order valence-electron chi connectivity index (χ4n) is 4.06. The average Bonchev–Trinajstić information content (AvgIpc) is 3.23. The van der Waals surface area contributed by atoms with Crippen LogP contribution in [-0.2, 0) is 4.79 Å². The highest BCUT2D eigenvalue weighted by atomic mass is 19.1. The summed E-state index contributed by atoms with van der Waals surface area (Å²) in [6, 6.07) is 22.7. The molecule has 1 amide bonds. The number of hydrogen-bond acceptors (Lipinski definition) is 4. The molecule has 164 valence electrons. The minimum atomic E-state index is -0.780. The zero-order valence-corrected chi connectivity index (χ0v) is 18.2. The number of aromatic nitrogens is 3. The van der Waals surface area contributed by atoms with Crippen molar-refractivity contribution in [2.75, 3.05) is 10.6 Å². The molecule has 2 N–H and O–H groups in total. The Morgan fingerprint density at radius 3 is 2.52 bits per heavy atom. The molecule has 33 heavy (non-hydrogen) atoms. The van der Waals surface area contributed by atoms with E-state index < -0.39 is 11.9 Å². The van der Waals surface area contributed by atoms with Crippen molar-refractivity contribution in [1.82, 2.24) is 14.8 Å². The zero-order valence-electron chi connectivity index (χ0n) is 18.2. The van der Waals surface area contributed by atoms with Gasteiger partial charge < -0.3 is 10.6 Å². The van der Waals surface area contributed by atoms with Crippen molar-refractivity contribution in [3.8, 4) is 11.4 Å². The van der Waals surface area contributed by atoms with Gasteiger partial charge in [0.2, 0.25) is 5.95 Å². The predicted molar refractivity (Wildman–Crippen MR) is 126 cm³/mol. The fourth-order valence-corrected chi connectivity index (χ4v) is 4.06. The molecule has 0 bridgehead atoms. The van der Waals surface area contributed by atoms with Gasteiger partial charge in [0, 0.05) is 22.5 Å². The van der Waals surface area contributed by atoms with Gasteiger partial charge in [-0.2, -0.15) is 4.98 Å². The van der Waals surface area contributed by atoms with Crippen LogP contribution in [0.25, 0.3) is 11.4 Å². The summed E-state index contributed by atoms with van der Waals surface area (Å²) in [5.74, 6) is 0.201. The summed E-state index contributed by atoms with van der Waals surface area (Å²) in [5.41, 5.74) is 3.89. The third kappa shape index (κ3) is 3.89. The van der Waals surface area contributed by atoms with Crippen LogP contribution in [-0.4, -0.2) is 20.7 Å². The Balaban J connectivity index is 1.63. The van der Waals surface area contributed by atoms with Crippen LogP contribution in [0.3, 0.4) is 0 Å². The second-order valence-corrected chi connectivity index (χ2v) is 7.98. The number of carbonyl (C=O) groups excluding carboxylic acids is 1. The summed E-state index contributed by atoms with van der Waals surface area (Å²) >= 11 is 0. The van der Waals surface area contributed by atoms with E-state index in [2.05, 4.69) is 15.6 Å². The van der Waals surface area contributed by atoms with E-state index in [1.807, 2.05) is 49.4 Å². The summed E-state index contributed by atoms with van der Waals surface area (Å²) in [7, 11) is 0. The van der Waals surface area contributed by atoms with Crippen LogP contribution in [0.1, 0.15) is 24.1 Å². The average molecular weight is 439 g/mol. The van der Waals surface area contributed by atoms with Crippen molar-refractivity contribution >= 4 is 17.5 Å². The van der Waals surface area contributed by atoms with Gasteiger partial charge in [-0.05, 0) is 38.1 Å². The SMILES string of the molecule is CC1=C(C(=O)Nc2ccccc2)C(c2ccccc2F)n2nc(-c3cccc(C)c3)nc2N1. The number of allylic oxidation sites excluding steroid dienone is 1. The molecular weight excluding hydrogens is 417 g/mol. The first-order valence-electron chi connectivity index (χ1n) is 10.6. The lowest BCUT2D eigenvalue weighted by atomic mass is 9.94. The summed E-state index contributed by atoms with van der Waals surface area (Å²) in [6.07, 6.45) is 0. The quantitative estimate of drug-likeness (QED) is 0.451. The van der Waals surface area contributed by atoms with Gasteiger partial charge >= 0.3 is 0 Å². The summed E-state index contributed by atoms with van der Waals surface area (Å²) < 4.78 is 16.6. The van der Waals surface area contributed by atoms with E-state index in [9.17, 15) is 4.79 Å². The Labute approximate surface area is 190 Å². The van der Waals surface area contributed by atoms with Crippen molar-refractivity contribution in [3.05, 3.63) is 107 Å². The van der Waals surface area contributed by atoms with Gasteiger partial charge in [0.25, 0.3) is 5.91 Å². The first kappa shape index (κ1) is 20.6. The number of hydrogen-bond donors (Lipinski definition) is 2. The number of nitrogens with zero attached hydrogens (tertiary/aromatic N) is 3. The van der Waals surface area contributed by atoms with Crippen LogP contribution < -0.4 is 10.6 Å². The first-order chi connectivity index (χ1) is 16.0. The summed E-state index contributed by atoms with van der Waals surface area (Å²) in [6.45, 7) is 3.79. The zero-order chi connectivity index (χ0) is 22.9. The predicted octanol–water partition coefficient (Wildman–Crippen LogP) is 5.32. The van der Waals surface area contributed by atoms with Crippen molar-refractivity contribution in [2.24, 2.45) is 0 Å². The number of nitrogens with one attached hydrogen (secondary N) is 2. The lowest BCUT2D eigenvalue weighted by Gasteiger charge is -2.28. The van der Waals surface area contributed by atoms with Gasteiger partial charge in [0.1, 0.15) is 11.9 Å². The Kier molecular flexibility index (Phi) is 5.22. The van der Waals surface area contributed by atoms with E-state index in [-0.39, 0.29) is 5.91 Å². The van der Waals surface area contributed by atoms with E-state index in [0.717, 1.165) is 11.1 Å². The smallest absolute Gasteiger partial charge is 0.255 e. The Morgan fingerprint density at radius 1 is 1.00 bits per heavy atom. The molecule has 0 fully saturated rings. The second-order valence-electron chi connectivity index (χ2n) is 7.98. The minimum Gasteiger partial charge on any atom is -0.328 e. The third-order valence-electron chi connectivity index (χ3n) is 5.60. The van der Waals surface area contributed by atoms with Gasteiger partial charge in [-0.1, -0.05) is 60.2 Å². The molecule has 0 saturated heterocycles. The fraction of sp³-hybridized carbons (Fsp3) is 0.115. The maximum atomic E-state index is 15.0. The Hall–Kier alpha value is -4.26. The van der Waals surface area contributed by atoms with E-state index >= 15 is 4.39 Å². The van der Waals surface area contributed by atoms with E-state index in [1.54, 1.807) is 41.9 Å². The molecule has 4 aromatic rings. The van der Waals surface area contributed by atoms with Crippen LogP contribution in [0.2, 0.25) is 0 Å². The van der Waals surface area contributed by atoms with E-state index in [1.165, 1.54) is 6.07 Å². The maximum absolute atomic E-state index is 15.0.